The largest absolute Gasteiger partial charge is 0.497 e. The fraction of sp³-hybridized carbons (Fsp3) is 0.381. The van der Waals surface area contributed by atoms with Crippen LogP contribution < -0.4 is 10.1 Å². The molecule has 2 aromatic carbocycles. The first-order valence-electron chi connectivity index (χ1n) is 8.97. The van der Waals surface area contributed by atoms with Crippen molar-refractivity contribution in [3.63, 3.8) is 0 Å². The van der Waals surface area contributed by atoms with Crippen molar-refractivity contribution in [1.29, 1.82) is 0 Å². The van der Waals surface area contributed by atoms with Gasteiger partial charge in [-0.25, -0.2) is 0 Å². The summed E-state index contributed by atoms with van der Waals surface area (Å²) in [7, 11) is 1.64. The van der Waals surface area contributed by atoms with Crippen LogP contribution >= 0.6 is 0 Å². The molecule has 0 atom stereocenters. The van der Waals surface area contributed by atoms with Gasteiger partial charge in [-0.2, -0.15) is 0 Å². The summed E-state index contributed by atoms with van der Waals surface area (Å²) >= 11 is 0. The third-order valence-corrected chi connectivity index (χ3v) is 4.59. The molecule has 0 aromatic heterocycles. The summed E-state index contributed by atoms with van der Waals surface area (Å²) in [6, 6.07) is 15.8. The number of nitrogens with zero attached hydrogens (tertiary/aromatic N) is 1. The standard InChI is InChI=1S/C21H26N2O2/c1-25-20-10-8-17(9-11-20)15-21(24)22-19-7-5-6-18(14-19)16-23-12-3-2-4-13-23/h5-11,14H,2-4,12-13,15-16H2,1H3,(H,22,24). The van der Waals surface area contributed by atoms with Gasteiger partial charge in [-0.05, 0) is 61.3 Å². The van der Waals surface area contributed by atoms with Crippen LogP contribution in [-0.2, 0) is 17.8 Å². The molecule has 1 aliphatic rings. The van der Waals surface area contributed by atoms with Gasteiger partial charge in [0, 0.05) is 12.2 Å². The minimum atomic E-state index is 0.000268. The van der Waals surface area contributed by atoms with Gasteiger partial charge in [0.1, 0.15) is 5.75 Å². The van der Waals surface area contributed by atoms with E-state index in [2.05, 4.69) is 22.3 Å². The van der Waals surface area contributed by atoms with Gasteiger partial charge in [-0.15, -0.1) is 0 Å². The van der Waals surface area contributed by atoms with Crippen molar-refractivity contribution in [2.45, 2.75) is 32.2 Å². The molecule has 1 aliphatic heterocycles. The topological polar surface area (TPSA) is 41.6 Å². The zero-order chi connectivity index (χ0) is 17.5. The number of hydrogen-bond acceptors (Lipinski definition) is 3. The Morgan fingerprint density at radius 1 is 1.04 bits per heavy atom. The number of anilines is 1. The average Bonchev–Trinajstić information content (AvgIpc) is 2.63. The van der Waals surface area contributed by atoms with Crippen LogP contribution in [0.25, 0.3) is 0 Å². The SMILES string of the molecule is COc1ccc(CC(=O)Nc2cccc(CN3CCCCC3)c2)cc1. The van der Waals surface area contributed by atoms with Crippen LogP contribution in [0.5, 0.6) is 5.75 Å². The number of nitrogens with one attached hydrogen (secondary N) is 1. The minimum absolute atomic E-state index is 0.000268. The molecule has 1 amide bonds. The maximum Gasteiger partial charge on any atom is 0.228 e. The number of benzene rings is 2. The maximum atomic E-state index is 12.3. The second-order valence-electron chi connectivity index (χ2n) is 6.61. The molecule has 1 N–H and O–H groups in total. The van der Waals surface area contributed by atoms with E-state index in [0.717, 1.165) is 23.5 Å². The molecule has 4 heteroatoms. The highest BCUT2D eigenvalue weighted by atomic mass is 16.5. The van der Waals surface area contributed by atoms with Crippen molar-refractivity contribution >= 4 is 11.6 Å². The number of likely N-dealkylation sites (tertiary alicyclic amines) is 1. The molecule has 25 heavy (non-hydrogen) atoms. The number of hydrogen-bond donors (Lipinski definition) is 1. The number of carbonyl (C=O) groups is 1. The lowest BCUT2D eigenvalue weighted by Gasteiger charge is -2.26. The molecular formula is C21H26N2O2. The van der Waals surface area contributed by atoms with Gasteiger partial charge in [0.25, 0.3) is 0 Å². The molecule has 0 saturated carbocycles. The third kappa shape index (κ3) is 5.33. The van der Waals surface area contributed by atoms with Crippen LogP contribution in [0.3, 0.4) is 0 Å². The van der Waals surface area contributed by atoms with Crippen LogP contribution in [0.1, 0.15) is 30.4 Å². The lowest BCUT2D eigenvalue weighted by molar-refractivity contribution is -0.115. The predicted molar refractivity (Wildman–Crippen MR) is 101 cm³/mol. The van der Waals surface area contributed by atoms with Gasteiger partial charge >= 0.3 is 0 Å². The zero-order valence-corrected chi connectivity index (χ0v) is 14.8. The summed E-state index contributed by atoms with van der Waals surface area (Å²) in [5, 5.41) is 3.01. The molecule has 0 aliphatic carbocycles. The quantitative estimate of drug-likeness (QED) is 0.869. The van der Waals surface area contributed by atoms with Gasteiger partial charge in [-0.1, -0.05) is 30.7 Å². The molecule has 1 saturated heterocycles. The lowest BCUT2D eigenvalue weighted by Crippen LogP contribution is -2.29. The number of rotatable bonds is 6. The van der Waals surface area contributed by atoms with Crippen molar-refractivity contribution in [3.8, 4) is 5.75 Å². The highest BCUT2D eigenvalue weighted by Crippen LogP contribution is 2.17. The Labute approximate surface area is 149 Å². The van der Waals surface area contributed by atoms with E-state index in [4.69, 9.17) is 4.74 Å². The first-order chi connectivity index (χ1) is 12.2. The Kier molecular flexibility index (Phi) is 6.07. The molecule has 1 fully saturated rings. The molecule has 0 spiro atoms. The molecule has 0 bridgehead atoms. The second-order valence-corrected chi connectivity index (χ2v) is 6.61. The van der Waals surface area contributed by atoms with E-state index >= 15 is 0 Å². The monoisotopic (exact) mass is 338 g/mol. The van der Waals surface area contributed by atoms with Crippen LogP contribution in [-0.4, -0.2) is 31.0 Å². The van der Waals surface area contributed by atoms with Crippen molar-refractivity contribution in [1.82, 2.24) is 4.90 Å². The highest BCUT2D eigenvalue weighted by molar-refractivity contribution is 5.92. The fourth-order valence-corrected chi connectivity index (χ4v) is 3.26. The van der Waals surface area contributed by atoms with Gasteiger partial charge in [0.05, 0.1) is 13.5 Å². The van der Waals surface area contributed by atoms with E-state index in [1.54, 1.807) is 7.11 Å². The van der Waals surface area contributed by atoms with Gasteiger partial charge in [0.15, 0.2) is 0 Å². The number of amides is 1. The lowest BCUT2D eigenvalue weighted by atomic mass is 10.1. The first kappa shape index (κ1) is 17.5. The van der Waals surface area contributed by atoms with E-state index in [1.165, 1.54) is 37.9 Å². The number of piperidine rings is 1. The summed E-state index contributed by atoms with van der Waals surface area (Å²) in [5.74, 6) is 0.801. The summed E-state index contributed by atoms with van der Waals surface area (Å²) < 4.78 is 5.14. The molecule has 4 nitrogen and oxygen atoms in total. The van der Waals surface area contributed by atoms with Crippen LogP contribution in [0.4, 0.5) is 5.69 Å². The first-order valence-corrected chi connectivity index (χ1v) is 8.97. The van der Waals surface area contributed by atoms with Crippen molar-refractivity contribution < 1.29 is 9.53 Å². The maximum absolute atomic E-state index is 12.3. The molecule has 3 rings (SSSR count). The summed E-state index contributed by atoms with van der Waals surface area (Å²) in [4.78, 5) is 14.8. The molecule has 132 valence electrons. The summed E-state index contributed by atoms with van der Waals surface area (Å²) in [6.07, 6.45) is 4.29. The van der Waals surface area contributed by atoms with Gasteiger partial charge in [-0.3, -0.25) is 9.69 Å². The van der Waals surface area contributed by atoms with E-state index in [0.29, 0.717) is 6.42 Å². The van der Waals surface area contributed by atoms with E-state index < -0.39 is 0 Å². The van der Waals surface area contributed by atoms with E-state index in [-0.39, 0.29) is 5.91 Å². The molecular weight excluding hydrogens is 312 g/mol. The van der Waals surface area contributed by atoms with Crippen molar-refractivity contribution in [2.24, 2.45) is 0 Å². The Morgan fingerprint density at radius 2 is 1.80 bits per heavy atom. The highest BCUT2D eigenvalue weighted by Gasteiger charge is 2.11. The normalized spacial score (nSPS) is 14.9. The van der Waals surface area contributed by atoms with Crippen LogP contribution in [0.2, 0.25) is 0 Å². The predicted octanol–water partition coefficient (Wildman–Crippen LogP) is 3.86. The van der Waals surface area contributed by atoms with E-state index in [9.17, 15) is 4.79 Å². The van der Waals surface area contributed by atoms with Gasteiger partial charge in [0.2, 0.25) is 5.91 Å². The third-order valence-electron chi connectivity index (χ3n) is 4.59. The van der Waals surface area contributed by atoms with Crippen molar-refractivity contribution in [3.05, 3.63) is 59.7 Å². The van der Waals surface area contributed by atoms with E-state index in [1.807, 2.05) is 36.4 Å². The Balaban J connectivity index is 1.56. The van der Waals surface area contributed by atoms with Crippen molar-refractivity contribution in [2.75, 3.05) is 25.5 Å². The molecule has 1 heterocycles. The smallest absolute Gasteiger partial charge is 0.228 e. The average molecular weight is 338 g/mol. The molecule has 2 aromatic rings. The Hall–Kier alpha value is -2.33. The summed E-state index contributed by atoms with van der Waals surface area (Å²) in [5.41, 5.74) is 3.10. The fourth-order valence-electron chi connectivity index (χ4n) is 3.26. The van der Waals surface area contributed by atoms with Gasteiger partial charge < -0.3 is 10.1 Å². The molecule has 0 unspecified atom stereocenters. The number of carbonyl (C=O) groups excluding carboxylic acids is 1. The van der Waals surface area contributed by atoms with Crippen LogP contribution in [0.15, 0.2) is 48.5 Å². The zero-order valence-electron chi connectivity index (χ0n) is 14.8. The number of methoxy groups -OCH3 is 1. The minimum Gasteiger partial charge on any atom is -0.497 e. The Bertz CT molecular complexity index is 691. The number of ether oxygens (including phenoxy) is 1. The molecule has 0 radical (unpaired) electrons. The Morgan fingerprint density at radius 3 is 2.52 bits per heavy atom. The van der Waals surface area contributed by atoms with Crippen LogP contribution in [0, 0.1) is 0 Å². The summed E-state index contributed by atoms with van der Waals surface area (Å²) in [6.45, 7) is 3.31. The second kappa shape index (κ2) is 8.67.